The molecule has 2 aromatic heterocycles. The van der Waals surface area contributed by atoms with E-state index in [1.165, 1.54) is 6.42 Å². The molecule has 22 heavy (non-hydrogen) atoms. The Morgan fingerprint density at radius 2 is 2.18 bits per heavy atom. The lowest BCUT2D eigenvalue weighted by Gasteiger charge is -2.35. The van der Waals surface area contributed by atoms with Crippen molar-refractivity contribution in [3.63, 3.8) is 0 Å². The second-order valence-corrected chi connectivity index (χ2v) is 7.00. The molecule has 0 aromatic carbocycles. The molecule has 1 saturated heterocycles. The van der Waals surface area contributed by atoms with Gasteiger partial charge in [-0.2, -0.15) is 0 Å². The van der Waals surface area contributed by atoms with Gasteiger partial charge < -0.3 is 9.47 Å². The van der Waals surface area contributed by atoms with E-state index in [9.17, 15) is 4.79 Å². The van der Waals surface area contributed by atoms with Crippen LogP contribution in [0, 0.1) is 6.92 Å². The summed E-state index contributed by atoms with van der Waals surface area (Å²) in [6.45, 7) is 4.98. The van der Waals surface area contributed by atoms with Gasteiger partial charge in [0.1, 0.15) is 5.01 Å². The van der Waals surface area contributed by atoms with Crippen molar-refractivity contribution < 1.29 is 4.79 Å². The molecule has 1 aliphatic heterocycles. The standard InChI is InChI=1S/C17H23N3OS/c1-13-12-22-17(18-13)15-7-3-4-10-20(15)16(21)11-14(2)19-8-5-6-9-19/h5-6,8-9,12,14-15H,3-4,7,10-11H2,1-2H3. The molecule has 0 bridgehead atoms. The molecule has 1 aliphatic rings. The molecule has 1 fully saturated rings. The third-order valence-electron chi connectivity index (χ3n) is 4.35. The van der Waals surface area contributed by atoms with Crippen LogP contribution in [0.25, 0.3) is 0 Å². The number of hydrogen-bond donors (Lipinski definition) is 0. The minimum atomic E-state index is 0.178. The Morgan fingerprint density at radius 3 is 2.86 bits per heavy atom. The molecule has 4 nitrogen and oxygen atoms in total. The summed E-state index contributed by atoms with van der Waals surface area (Å²) >= 11 is 1.68. The lowest BCUT2D eigenvalue weighted by Crippen LogP contribution is -2.39. The van der Waals surface area contributed by atoms with Gasteiger partial charge in [0.2, 0.25) is 5.91 Å². The lowest BCUT2D eigenvalue weighted by molar-refractivity contribution is -0.135. The van der Waals surface area contributed by atoms with Crippen molar-refractivity contribution in [3.05, 3.63) is 40.6 Å². The fourth-order valence-corrected chi connectivity index (χ4v) is 4.07. The van der Waals surface area contributed by atoms with Crippen molar-refractivity contribution in [2.24, 2.45) is 0 Å². The van der Waals surface area contributed by atoms with Gasteiger partial charge in [-0.15, -0.1) is 11.3 Å². The van der Waals surface area contributed by atoms with Crippen LogP contribution in [0.4, 0.5) is 0 Å². The molecule has 2 unspecified atom stereocenters. The second kappa shape index (κ2) is 6.65. The highest BCUT2D eigenvalue weighted by Gasteiger charge is 2.30. The van der Waals surface area contributed by atoms with Gasteiger partial charge in [-0.1, -0.05) is 0 Å². The van der Waals surface area contributed by atoms with Crippen LogP contribution < -0.4 is 0 Å². The number of carbonyl (C=O) groups is 1. The van der Waals surface area contributed by atoms with Gasteiger partial charge >= 0.3 is 0 Å². The Bertz CT molecular complexity index is 620. The molecule has 118 valence electrons. The zero-order valence-corrected chi connectivity index (χ0v) is 14.1. The number of aromatic nitrogens is 2. The first-order valence-corrected chi connectivity index (χ1v) is 8.87. The molecule has 2 aromatic rings. The minimum Gasteiger partial charge on any atom is -0.351 e. The summed E-state index contributed by atoms with van der Waals surface area (Å²) in [4.78, 5) is 19.5. The fourth-order valence-electron chi connectivity index (χ4n) is 3.13. The Kier molecular flexibility index (Phi) is 4.62. The summed E-state index contributed by atoms with van der Waals surface area (Å²) < 4.78 is 2.10. The number of piperidine rings is 1. The number of amides is 1. The largest absolute Gasteiger partial charge is 0.351 e. The second-order valence-electron chi connectivity index (χ2n) is 6.11. The average molecular weight is 317 g/mol. The number of hydrogen-bond acceptors (Lipinski definition) is 3. The molecular formula is C17H23N3OS. The third-order valence-corrected chi connectivity index (χ3v) is 5.42. The van der Waals surface area contributed by atoms with Crippen molar-refractivity contribution >= 4 is 17.2 Å². The maximum Gasteiger partial charge on any atom is 0.225 e. The van der Waals surface area contributed by atoms with Gasteiger partial charge in [0.25, 0.3) is 0 Å². The quantitative estimate of drug-likeness (QED) is 0.856. The Balaban J connectivity index is 1.71. The van der Waals surface area contributed by atoms with Gasteiger partial charge in [-0.05, 0) is 45.2 Å². The molecule has 2 atom stereocenters. The van der Waals surface area contributed by atoms with Crippen LogP contribution in [-0.4, -0.2) is 26.9 Å². The first kappa shape index (κ1) is 15.3. The Labute approximate surface area is 135 Å². The Hall–Kier alpha value is -1.62. The van der Waals surface area contributed by atoms with E-state index in [4.69, 9.17) is 0 Å². The molecular weight excluding hydrogens is 294 g/mol. The van der Waals surface area contributed by atoms with Crippen molar-refractivity contribution in [1.82, 2.24) is 14.5 Å². The number of thiazole rings is 1. The van der Waals surface area contributed by atoms with Crippen LogP contribution >= 0.6 is 11.3 Å². The van der Waals surface area contributed by atoms with E-state index in [0.29, 0.717) is 6.42 Å². The summed E-state index contributed by atoms with van der Waals surface area (Å²) in [5.74, 6) is 0.249. The van der Waals surface area contributed by atoms with Crippen molar-refractivity contribution in [3.8, 4) is 0 Å². The first-order valence-electron chi connectivity index (χ1n) is 7.99. The van der Waals surface area contributed by atoms with Gasteiger partial charge in [0.05, 0.1) is 6.04 Å². The van der Waals surface area contributed by atoms with Crippen molar-refractivity contribution in [1.29, 1.82) is 0 Å². The molecule has 0 N–H and O–H groups in total. The van der Waals surface area contributed by atoms with Crippen LogP contribution in [0.3, 0.4) is 0 Å². The summed E-state index contributed by atoms with van der Waals surface area (Å²) in [7, 11) is 0. The maximum atomic E-state index is 12.8. The molecule has 3 rings (SSSR count). The summed E-state index contributed by atoms with van der Waals surface area (Å²) in [6.07, 6.45) is 7.92. The molecule has 0 saturated carbocycles. The highest BCUT2D eigenvalue weighted by molar-refractivity contribution is 7.09. The minimum absolute atomic E-state index is 0.178. The van der Waals surface area contributed by atoms with Crippen LogP contribution in [0.1, 0.15) is 55.4 Å². The number of likely N-dealkylation sites (tertiary alicyclic amines) is 1. The molecule has 0 spiro atoms. The van der Waals surface area contributed by atoms with E-state index in [2.05, 4.69) is 26.8 Å². The molecule has 0 radical (unpaired) electrons. The highest BCUT2D eigenvalue weighted by atomic mass is 32.1. The molecule has 3 heterocycles. The van der Waals surface area contributed by atoms with Gasteiger partial charge in [0.15, 0.2) is 0 Å². The third kappa shape index (κ3) is 3.24. The summed E-state index contributed by atoms with van der Waals surface area (Å²) in [6, 6.07) is 4.38. The number of nitrogens with zero attached hydrogens (tertiary/aromatic N) is 3. The monoisotopic (exact) mass is 317 g/mol. The number of aryl methyl sites for hydroxylation is 1. The zero-order valence-electron chi connectivity index (χ0n) is 13.2. The van der Waals surface area contributed by atoms with E-state index in [0.717, 1.165) is 30.1 Å². The van der Waals surface area contributed by atoms with E-state index in [1.807, 2.05) is 31.5 Å². The fraction of sp³-hybridized carbons (Fsp3) is 0.529. The average Bonchev–Trinajstić information content (AvgIpc) is 3.18. The van der Waals surface area contributed by atoms with Crippen LogP contribution in [0.2, 0.25) is 0 Å². The normalized spacial score (nSPS) is 20.1. The predicted molar refractivity (Wildman–Crippen MR) is 88.9 cm³/mol. The SMILES string of the molecule is Cc1csc(C2CCCCN2C(=O)CC(C)n2cccc2)n1. The van der Waals surface area contributed by atoms with E-state index >= 15 is 0 Å². The molecule has 1 amide bonds. The first-order chi connectivity index (χ1) is 10.6. The maximum absolute atomic E-state index is 12.8. The van der Waals surface area contributed by atoms with Crippen LogP contribution in [-0.2, 0) is 4.79 Å². The van der Waals surface area contributed by atoms with E-state index < -0.39 is 0 Å². The zero-order chi connectivity index (χ0) is 15.5. The highest BCUT2D eigenvalue weighted by Crippen LogP contribution is 2.33. The molecule has 0 aliphatic carbocycles. The van der Waals surface area contributed by atoms with E-state index in [-0.39, 0.29) is 18.0 Å². The van der Waals surface area contributed by atoms with E-state index in [1.54, 1.807) is 11.3 Å². The van der Waals surface area contributed by atoms with Crippen LogP contribution in [0.15, 0.2) is 29.9 Å². The van der Waals surface area contributed by atoms with Gasteiger partial charge in [-0.25, -0.2) is 4.98 Å². The van der Waals surface area contributed by atoms with Gasteiger partial charge in [-0.3, -0.25) is 4.79 Å². The summed E-state index contributed by atoms with van der Waals surface area (Å²) in [5, 5.41) is 3.17. The number of carbonyl (C=O) groups excluding carboxylic acids is 1. The topological polar surface area (TPSA) is 38.1 Å². The summed E-state index contributed by atoms with van der Waals surface area (Å²) in [5.41, 5.74) is 1.05. The molecule has 5 heteroatoms. The van der Waals surface area contributed by atoms with Crippen molar-refractivity contribution in [2.75, 3.05) is 6.54 Å². The predicted octanol–water partition coefficient (Wildman–Crippen LogP) is 3.96. The van der Waals surface area contributed by atoms with Gasteiger partial charge in [0, 0.05) is 42.5 Å². The Morgan fingerprint density at radius 1 is 1.41 bits per heavy atom. The van der Waals surface area contributed by atoms with Crippen molar-refractivity contribution in [2.45, 2.75) is 51.6 Å². The smallest absolute Gasteiger partial charge is 0.225 e. The number of rotatable bonds is 4. The lowest BCUT2D eigenvalue weighted by atomic mass is 10.0. The van der Waals surface area contributed by atoms with Crippen LogP contribution in [0.5, 0.6) is 0 Å².